The van der Waals surface area contributed by atoms with Crippen LogP contribution in [0.5, 0.6) is 0 Å². The number of rotatable bonds is 3. The van der Waals surface area contributed by atoms with E-state index in [4.69, 9.17) is 5.11 Å². The molecule has 3 N–H and O–H groups in total. The van der Waals surface area contributed by atoms with Gasteiger partial charge in [-0.2, -0.15) is 0 Å². The van der Waals surface area contributed by atoms with Crippen LogP contribution in [0.25, 0.3) is 0 Å². The van der Waals surface area contributed by atoms with Crippen LogP contribution < -0.4 is 10.6 Å². The molecule has 7 nitrogen and oxygen atoms in total. The Balaban J connectivity index is 2.14. The van der Waals surface area contributed by atoms with Gasteiger partial charge in [-0.25, -0.2) is 23.9 Å². The first-order valence-electron chi connectivity index (χ1n) is 5.44. The number of hydrogen-bond donors (Lipinski definition) is 3. The number of carbonyl (C=O) groups is 2. The first kappa shape index (κ1) is 13.4. The quantitative estimate of drug-likeness (QED) is 0.794. The smallest absolute Gasteiger partial charge is 0.337 e. The number of carboxylic acid groups (broad SMARTS) is 1. The number of nitrogens with zero attached hydrogens (tertiary/aromatic N) is 2. The van der Waals surface area contributed by atoms with Crippen LogP contribution in [-0.4, -0.2) is 27.1 Å². The van der Waals surface area contributed by atoms with Gasteiger partial charge < -0.3 is 10.4 Å². The third kappa shape index (κ3) is 3.25. The van der Waals surface area contributed by atoms with E-state index in [9.17, 15) is 14.0 Å². The minimum atomic E-state index is -1.35. The first-order chi connectivity index (χ1) is 9.56. The average Bonchev–Trinajstić information content (AvgIpc) is 2.41. The summed E-state index contributed by atoms with van der Waals surface area (Å²) < 4.78 is 13.0. The zero-order valence-corrected chi connectivity index (χ0v) is 10.0. The lowest BCUT2D eigenvalue weighted by Crippen LogP contribution is -2.22. The third-order valence-corrected chi connectivity index (χ3v) is 2.25. The van der Waals surface area contributed by atoms with Gasteiger partial charge in [0.15, 0.2) is 0 Å². The predicted octanol–water partition coefficient (Wildman–Crippen LogP) is 1.96. The molecule has 1 heterocycles. The maximum Gasteiger partial charge on any atom is 0.337 e. The number of hydrogen-bond acceptors (Lipinski definition) is 4. The van der Waals surface area contributed by atoms with E-state index in [-0.39, 0.29) is 17.2 Å². The van der Waals surface area contributed by atoms with Crippen molar-refractivity contribution >= 4 is 23.6 Å². The lowest BCUT2D eigenvalue weighted by molar-refractivity contribution is 0.0697. The van der Waals surface area contributed by atoms with E-state index >= 15 is 0 Å². The average molecular weight is 276 g/mol. The summed E-state index contributed by atoms with van der Waals surface area (Å²) in [5.41, 5.74) is -0.388. The molecule has 0 radical (unpaired) electrons. The lowest BCUT2D eigenvalue weighted by Gasteiger charge is -2.08. The Kier molecular flexibility index (Phi) is 3.85. The number of anilines is 2. The summed E-state index contributed by atoms with van der Waals surface area (Å²) in [7, 11) is 0. The molecule has 0 aliphatic heterocycles. The van der Waals surface area contributed by atoms with Crippen molar-refractivity contribution in [1.82, 2.24) is 9.97 Å². The number of benzene rings is 1. The van der Waals surface area contributed by atoms with Crippen LogP contribution in [0.4, 0.5) is 20.8 Å². The predicted molar refractivity (Wildman–Crippen MR) is 68.0 cm³/mol. The Hall–Kier alpha value is -3.03. The summed E-state index contributed by atoms with van der Waals surface area (Å²) in [6.45, 7) is 0. The second kappa shape index (κ2) is 5.74. The second-order valence-corrected chi connectivity index (χ2v) is 3.65. The molecule has 0 aliphatic carbocycles. The van der Waals surface area contributed by atoms with E-state index in [0.717, 1.165) is 18.2 Å². The number of carbonyl (C=O) groups excluding carboxylic acids is 1. The molecule has 0 fully saturated rings. The van der Waals surface area contributed by atoms with Crippen molar-refractivity contribution in [2.75, 3.05) is 10.6 Å². The Labute approximate surface area is 112 Å². The first-order valence-corrected chi connectivity index (χ1v) is 5.44. The molecule has 0 saturated carbocycles. The Morgan fingerprint density at radius 3 is 2.50 bits per heavy atom. The maximum atomic E-state index is 13.0. The van der Waals surface area contributed by atoms with Crippen LogP contribution in [0, 0.1) is 5.82 Å². The molecule has 1 aromatic heterocycles. The molecule has 0 aliphatic rings. The molecule has 8 heteroatoms. The molecular weight excluding hydrogens is 267 g/mol. The summed E-state index contributed by atoms with van der Waals surface area (Å²) in [6.07, 6.45) is 2.87. The fourth-order valence-corrected chi connectivity index (χ4v) is 1.42. The second-order valence-electron chi connectivity index (χ2n) is 3.65. The fourth-order valence-electron chi connectivity index (χ4n) is 1.42. The zero-order valence-electron chi connectivity index (χ0n) is 10.0. The van der Waals surface area contributed by atoms with Crippen molar-refractivity contribution in [1.29, 1.82) is 0 Å². The van der Waals surface area contributed by atoms with E-state index in [1.807, 2.05) is 0 Å². The summed E-state index contributed by atoms with van der Waals surface area (Å²) in [6, 6.07) is 3.86. The molecule has 0 saturated heterocycles. The SMILES string of the molecule is O=C(Nc1ncccn1)Nc1ccc(F)cc1C(=O)O. The van der Waals surface area contributed by atoms with E-state index in [0.29, 0.717) is 0 Å². The highest BCUT2D eigenvalue weighted by atomic mass is 19.1. The minimum Gasteiger partial charge on any atom is -0.478 e. The molecule has 0 bridgehead atoms. The molecular formula is C12H9FN4O3. The molecule has 102 valence electrons. The summed E-state index contributed by atoms with van der Waals surface area (Å²) in [5, 5.41) is 13.5. The van der Waals surface area contributed by atoms with E-state index in [1.54, 1.807) is 6.07 Å². The topological polar surface area (TPSA) is 104 Å². The van der Waals surface area contributed by atoms with Gasteiger partial charge in [-0.05, 0) is 24.3 Å². The highest BCUT2D eigenvalue weighted by Gasteiger charge is 2.14. The van der Waals surface area contributed by atoms with Crippen LogP contribution in [0.1, 0.15) is 10.4 Å². The molecule has 0 spiro atoms. The molecule has 0 unspecified atom stereocenters. The molecule has 20 heavy (non-hydrogen) atoms. The van der Waals surface area contributed by atoms with Gasteiger partial charge in [0.1, 0.15) is 5.82 Å². The van der Waals surface area contributed by atoms with Crippen LogP contribution in [0.3, 0.4) is 0 Å². The lowest BCUT2D eigenvalue weighted by atomic mass is 10.2. The number of urea groups is 1. The highest BCUT2D eigenvalue weighted by molar-refractivity contribution is 6.03. The molecule has 2 rings (SSSR count). The fraction of sp³-hybridized carbons (Fsp3) is 0. The number of aromatic carboxylic acids is 1. The van der Waals surface area contributed by atoms with Crippen LogP contribution >= 0.6 is 0 Å². The highest BCUT2D eigenvalue weighted by Crippen LogP contribution is 2.17. The van der Waals surface area contributed by atoms with Gasteiger partial charge in [-0.1, -0.05) is 0 Å². The largest absolute Gasteiger partial charge is 0.478 e. The minimum absolute atomic E-state index is 0.0349. The summed E-state index contributed by atoms with van der Waals surface area (Å²) >= 11 is 0. The van der Waals surface area contributed by atoms with Gasteiger partial charge in [-0.3, -0.25) is 5.32 Å². The Bertz CT molecular complexity index is 648. The normalized spacial score (nSPS) is 9.85. The van der Waals surface area contributed by atoms with E-state index in [2.05, 4.69) is 20.6 Å². The van der Waals surface area contributed by atoms with E-state index < -0.39 is 17.8 Å². The van der Waals surface area contributed by atoms with E-state index in [1.165, 1.54) is 12.4 Å². The maximum absolute atomic E-state index is 13.0. The standard InChI is InChI=1S/C12H9FN4O3/c13-7-2-3-9(8(6-7)10(18)19)16-12(20)17-11-14-4-1-5-15-11/h1-6H,(H,18,19)(H2,14,15,16,17,20). The molecule has 1 aromatic carbocycles. The summed E-state index contributed by atoms with van der Waals surface area (Å²) in [4.78, 5) is 30.1. The van der Waals surface area contributed by atoms with Gasteiger partial charge in [0.25, 0.3) is 0 Å². The van der Waals surface area contributed by atoms with Crippen LogP contribution in [-0.2, 0) is 0 Å². The number of halogens is 1. The Morgan fingerprint density at radius 1 is 1.15 bits per heavy atom. The van der Waals surface area contributed by atoms with Crippen LogP contribution in [0.2, 0.25) is 0 Å². The van der Waals surface area contributed by atoms with Gasteiger partial charge in [-0.15, -0.1) is 0 Å². The molecule has 2 aromatic rings. The monoisotopic (exact) mass is 276 g/mol. The van der Waals surface area contributed by atoms with Crippen molar-refractivity contribution in [3.8, 4) is 0 Å². The third-order valence-electron chi connectivity index (χ3n) is 2.25. The van der Waals surface area contributed by atoms with Gasteiger partial charge >= 0.3 is 12.0 Å². The number of nitrogens with one attached hydrogen (secondary N) is 2. The molecule has 2 amide bonds. The van der Waals surface area contributed by atoms with Crippen molar-refractivity contribution in [3.63, 3.8) is 0 Å². The van der Waals surface area contributed by atoms with Gasteiger partial charge in [0.05, 0.1) is 11.3 Å². The van der Waals surface area contributed by atoms with Crippen molar-refractivity contribution in [2.45, 2.75) is 0 Å². The number of aromatic nitrogens is 2. The molecule has 0 atom stereocenters. The number of amides is 2. The van der Waals surface area contributed by atoms with Gasteiger partial charge in [0, 0.05) is 12.4 Å². The van der Waals surface area contributed by atoms with Crippen molar-refractivity contribution < 1.29 is 19.1 Å². The van der Waals surface area contributed by atoms with Crippen LogP contribution in [0.15, 0.2) is 36.7 Å². The summed E-state index contributed by atoms with van der Waals surface area (Å²) in [5.74, 6) is -2.00. The van der Waals surface area contributed by atoms with Crippen molar-refractivity contribution in [2.24, 2.45) is 0 Å². The Morgan fingerprint density at radius 2 is 1.85 bits per heavy atom. The van der Waals surface area contributed by atoms with Crippen molar-refractivity contribution in [3.05, 3.63) is 48.0 Å². The zero-order chi connectivity index (χ0) is 14.5. The number of carboxylic acids is 1. The van der Waals surface area contributed by atoms with Gasteiger partial charge in [0.2, 0.25) is 5.95 Å².